The number of nitrogens with zero attached hydrogens (tertiary/aromatic N) is 2. The van der Waals surface area contributed by atoms with Gasteiger partial charge in [0.1, 0.15) is 5.92 Å². The van der Waals surface area contributed by atoms with E-state index >= 15 is 0 Å². The van der Waals surface area contributed by atoms with Gasteiger partial charge in [-0.05, 0) is 0 Å². The van der Waals surface area contributed by atoms with Gasteiger partial charge in [-0.1, -0.05) is 0 Å². The lowest BCUT2D eigenvalue weighted by molar-refractivity contribution is -0.168. The molecule has 0 bridgehead atoms. The number of rotatable bonds is 1. The number of hydrogen-bond acceptors (Lipinski definition) is 4. The summed E-state index contributed by atoms with van der Waals surface area (Å²) in [5, 5.41) is 4.42. The topological polar surface area (TPSA) is 58.9 Å². The van der Waals surface area contributed by atoms with Gasteiger partial charge < -0.3 is 0 Å². The Kier molecular flexibility index (Phi) is 2.35. The fraction of sp³-hybridized carbons (Fsp3) is 1.00. The average molecular weight is 216 g/mol. The molecule has 8 heteroatoms. The van der Waals surface area contributed by atoms with E-state index in [4.69, 9.17) is 0 Å². The SMILES string of the molecule is CS(=O)(=O)C1N=NCC1C(F)(F)F. The lowest BCUT2D eigenvalue weighted by Gasteiger charge is -2.17. The zero-order chi connectivity index (χ0) is 10.3. The summed E-state index contributed by atoms with van der Waals surface area (Å²) in [4.78, 5) is 0. The molecule has 76 valence electrons. The van der Waals surface area contributed by atoms with Crippen LogP contribution < -0.4 is 0 Å². The van der Waals surface area contributed by atoms with Crippen LogP contribution in [0.4, 0.5) is 13.2 Å². The van der Waals surface area contributed by atoms with E-state index in [2.05, 4.69) is 10.2 Å². The Bertz CT molecular complexity index is 321. The molecule has 1 rings (SSSR count). The van der Waals surface area contributed by atoms with Gasteiger partial charge in [0.25, 0.3) is 0 Å². The van der Waals surface area contributed by atoms with Gasteiger partial charge in [0, 0.05) is 6.26 Å². The highest BCUT2D eigenvalue weighted by Crippen LogP contribution is 2.35. The molecule has 0 aromatic carbocycles. The second kappa shape index (κ2) is 2.93. The van der Waals surface area contributed by atoms with Crippen molar-refractivity contribution in [1.82, 2.24) is 0 Å². The Hall–Kier alpha value is -0.660. The van der Waals surface area contributed by atoms with Crippen LogP contribution in [0.15, 0.2) is 10.2 Å². The van der Waals surface area contributed by atoms with E-state index in [0.29, 0.717) is 0 Å². The van der Waals surface area contributed by atoms with Gasteiger partial charge >= 0.3 is 6.18 Å². The standard InChI is InChI=1S/C5H7F3N2O2S/c1-13(11,12)4-3(2-9-10-4)5(6,7)8/h3-4H,2H2,1H3. The van der Waals surface area contributed by atoms with Crippen LogP contribution in [0.3, 0.4) is 0 Å². The predicted octanol–water partition coefficient (Wildman–Crippen LogP) is 1.00. The summed E-state index contributed by atoms with van der Waals surface area (Å²) in [5.74, 6) is -1.98. The second-order valence-electron chi connectivity index (χ2n) is 2.81. The normalized spacial score (nSPS) is 29.5. The van der Waals surface area contributed by atoms with E-state index in [9.17, 15) is 21.6 Å². The molecule has 0 saturated carbocycles. The van der Waals surface area contributed by atoms with E-state index in [0.717, 1.165) is 6.26 Å². The van der Waals surface area contributed by atoms with E-state index in [1.54, 1.807) is 0 Å². The van der Waals surface area contributed by atoms with E-state index in [-0.39, 0.29) is 0 Å². The minimum Gasteiger partial charge on any atom is -0.227 e. The van der Waals surface area contributed by atoms with Crippen molar-refractivity contribution in [3.05, 3.63) is 0 Å². The summed E-state index contributed by atoms with van der Waals surface area (Å²) < 4.78 is 58.1. The highest BCUT2D eigenvalue weighted by Gasteiger charge is 2.51. The van der Waals surface area contributed by atoms with Crippen LogP contribution >= 0.6 is 0 Å². The molecule has 1 heterocycles. The zero-order valence-electron chi connectivity index (χ0n) is 6.61. The van der Waals surface area contributed by atoms with Crippen molar-refractivity contribution in [2.45, 2.75) is 11.6 Å². The minimum absolute atomic E-state index is 0.596. The maximum absolute atomic E-state index is 12.2. The average Bonchev–Trinajstić information content (AvgIpc) is 2.27. The molecule has 0 radical (unpaired) electrons. The first-order valence-corrected chi connectivity index (χ1v) is 5.30. The molecule has 1 aliphatic rings. The number of sulfone groups is 1. The molecular weight excluding hydrogens is 209 g/mol. The van der Waals surface area contributed by atoms with Crippen molar-refractivity contribution in [2.24, 2.45) is 16.1 Å². The molecular formula is C5H7F3N2O2S. The van der Waals surface area contributed by atoms with Gasteiger partial charge in [0.15, 0.2) is 15.2 Å². The third-order valence-electron chi connectivity index (χ3n) is 1.68. The molecule has 1 aliphatic heterocycles. The van der Waals surface area contributed by atoms with E-state index < -0.39 is 33.9 Å². The van der Waals surface area contributed by atoms with Gasteiger partial charge in [0.2, 0.25) is 0 Å². The van der Waals surface area contributed by atoms with Gasteiger partial charge in [-0.2, -0.15) is 23.4 Å². The first-order chi connectivity index (χ1) is 5.73. The van der Waals surface area contributed by atoms with Crippen molar-refractivity contribution in [3.8, 4) is 0 Å². The smallest absolute Gasteiger partial charge is 0.227 e. The largest absolute Gasteiger partial charge is 0.396 e. The van der Waals surface area contributed by atoms with Crippen LogP contribution in [-0.4, -0.2) is 32.8 Å². The van der Waals surface area contributed by atoms with E-state index in [1.807, 2.05) is 0 Å². The van der Waals surface area contributed by atoms with Crippen LogP contribution in [0.25, 0.3) is 0 Å². The molecule has 0 amide bonds. The van der Waals surface area contributed by atoms with Crippen molar-refractivity contribution in [3.63, 3.8) is 0 Å². The molecule has 0 N–H and O–H groups in total. The summed E-state index contributed by atoms with van der Waals surface area (Å²) in [5.41, 5.74) is 0. The second-order valence-corrected chi connectivity index (χ2v) is 4.95. The Morgan fingerprint density at radius 1 is 1.38 bits per heavy atom. The van der Waals surface area contributed by atoms with Crippen LogP contribution in [0.5, 0.6) is 0 Å². The quantitative estimate of drug-likeness (QED) is 0.656. The van der Waals surface area contributed by atoms with Gasteiger partial charge in [-0.15, -0.1) is 0 Å². The van der Waals surface area contributed by atoms with Crippen LogP contribution in [0.2, 0.25) is 0 Å². The molecule has 2 atom stereocenters. The predicted molar refractivity (Wildman–Crippen MR) is 37.9 cm³/mol. The Balaban J connectivity index is 2.94. The first-order valence-electron chi connectivity index (χ1n) is 3.35. The van der Waals surface area contributed by atoms with Crippen LogP contribution in [0, 0.1) is 5.92 Å². The highest BCUT2D eigenvalue weighted by atomic mass is 32.2. The monoisotopic (exact) mass is 216 g/mol. The third-order valence-corrected chi connectivity index (χ3v) is 2.98. The summed E-state index contributed by atoms with van der Waals surface area (Å²) in [6.07, 6.45) is -3.84. The maximum atomic E-state index is 12.2. The molecule has 0 aromatic heterocycles. The zero-order valence-corrected chi connectivity index (χ0v) is 7.43. The summed E-state index contributed by atoms with van der Waals surface area (Å²) in [7, 11) is -3.82. The molecule has 0 aliphatic carbocycles. The number of alkyl halides is 3. The Morgan fingerprint density at radius 3 is 2.23 bits per heavy atom. The van der Waals surface area contributed by atoms with Crippen LogP contribution in [-0.2, 0) is 9.84 Å². The maximum Gasteiger partial charge on any atom is 0.396 e. The van der Waals surface area contributed by atoms with Crippen molar-refractivity contribution >= 4 is 9.84 Å². The van der Waals surface area contributed by atoms with Gasteiger partial charge in [-0.25, -0.2) is 8.42 Å². The van der Waals surface area contributed by atoms with Crippen LogP contribution in [0.1, 0.15) is 0 Å². The molecule has 0 saturated heterocycles. The highest BCUT2D eigenvalue weighted by molar-refractivity contribution is 7.91. The van der Waals surface area contributed by atoms with Crippen molar-refractivity contribution in [2.75, 3.05) is 12.8 Å². The summed E-state index contributed by atoms with van der Waals surface area (Å²) in [6.45, 7) is -0.596. The van der Waals surface area contributed by atoms with Gasteiger partial charge in [0.05, 0.1) is 6.54 Å². The van der Waals surface area contributed by atoms with E-state index in [1.165, 1.54) is 0 Å². The number of hydrogen-bond donors (Lipinski definition) is 0. The minimum atomic E-state index is -4.56. The number of halogens is 3. The molecule has 0 aromatic rings. The first kappa shape index (κ1) is 10.4. The molecule has 2 unspecified atom stereocenters. The summed E-state index contributed by atoms with van der Waals surface area (Å²) >= 11 is 0. The Morgan fingerprint density at radius 2 is 1.92 bits per heavy atom. The molecule has 4 nitrogen and oxygen atoms in total. The number of azo groups is 1. The third kappa shape index (κ3) is 2.17. The summed E-state index contributed by atoms with van der Waals surface area (Å²) in [6, 6.07) is 0. The fourth-order valence-corrected chi connectivity index (χ4v) is 2.11. The Labute approximate surface area is 72.8 Å². The van der Waals surface area contributed by atoms with Gasteiger partial charge in [-0.3, -0.25) is 0 Å². The lowest BCUT2D eigenvalue weighted by Crippen LogP contribution is -2.36. The van der Waals surface area contributed by atoms with Crippen molar-refractivity contribution < 1.29 is 21.6 Å². The van der Waals surface area contributed by atoms with Crippen molar-refractivity contribution in [1.29, 1.82) is 0 Å². The molecule has 0 spiro atoms. The fourth-order valence-electron chi connectivity index (χ4n) is 1.04. The lowest BCUT2D eigenvalue weighted by atomic mass is 10.1. The molecule has 0 fully saturated rings. The molecule has 13 heavy (non-hydrogen) atoms.